The summed E-state index contributed by atoms with van der Waals surface area (Å²) in [5, 5.41) is 9.59. The van der Waals surface area contributed by atoms with E-state index in [0.29, 0.717) is 19.3 Å². The molecule has 8 heteroatoms. The molecule has 0 rings (SSSR count). The Morgan fingerprint density at radius 3 is 1.60 bits per heavy atom. The molecule has 302 valence electrons. The predicted molar refractivity (Wildman–Crippen MR) is 215 cm³/mol. The second-order valence-electron chi connectivity index (χ2n) is 15.2. The Balaban J connectivity index is 4.26. The number of rotatable bonds is 37. The number of carboxylic acid groups (broad SMARTS) is 1. The molecule has 2 atom stereocenters. The number of quaternary nitrogens is 1. The summed E-state index contributed by atoms with van der Waals surface area (Å²) < 4.78 is 17.2. The molecule has 0 fully saturated rings. The topological polar surface area (TPSA) is 99.1 Å². The van der Waals surface area contributed by atoms with Crippen molar-refractivity contribution in [2.45, 2.75) is 187 Å². The summed E-state index contributed by atoms with van der Waals surface area (Å²) in [6.07, 6.45) is 39.1. The van der Waals surface area contributed by atoms with Crippen molar-refractivity contribution >= 4 is 17.9 Å². The highest BCUT2D eigenvalue weighted by molar-refractivity contribution is 5.72. The molecule has 2 unspecified atom stereocenters. The Labute approximate surface area is 319 Å². The molecule has 0 aromatic carbocycles. The van der Waals surface area contributed by atoms with Crippen LogP contribution >= 0.6 is 0 Å². The van der Waals surface area contributed by atoms with E-state index in [2.05, 4.69) is 50.3 Å². The minimum atomic E-state index is -0.876. The number of ether oxygens (including phenoxy) is 3. The fourth-order valence-corrected chi connectivity index (χ4v) is 6.05. The van der Waals surface area contributed by atoms with Gasteiger partial charge in [-0.3, -0.25) is 9.59 Å². The van der Waals surface area contributed by atoms with Crippen molar-refractivity contribution in [3.8, 4) is 0 Å². The van der Waals surface area contributed by atoms with Crippen molar-refractivity contribution in [3.63, 3.8) is 0 Å². The second kappa shape index (κ2) is 35.6. The number of allylic oxidation sites excluding steroid dienone is 6. The van der Waals surface area contributed by atoms with E-state index in [1.165, 1.54) is 83.5 Å². The van der Waals surface area contributed by atoms with Gasteiger partial charge in [0, 0.05) is 19.3 Å². The average Bonchev–Trinajstić information content (AvgIpc) is 3.09. The van der Waals surface area contributed by atoms with Gasteiger partial charge in [0.15, 0.2) is 12.1 Å². The number of carbonyl (C=O) groups excluding carboxylic acids is 2. The van der Waals surface area contributed by atoms with Crippen LogP contribution in [0.5, 0.6) is 0 Å². The van der Waals surface area contributed by atoms with Crippen molar-refractivity contribution in [1.82, 2.24) is 0 Å². The third-order valence-corrected chi connectivity index (χ3v) is 9.30. The highest BCUT2D eigenvalue weighted by Crippen LogP contribution is 2.14. The van der Waals surface area contributed by atoms with Crippen LogP contribution in [0.4, 0.5) is 0 Å². The van der Waals surface area contributed by atoms with E-state index in [4.69, 9.17) is 14.2 Å². The standard InChI is InChI=1S/C44H79NO7/c1-6-8-10-12-14-16-17-18-19-20-21-22-23-24-25-26-27-29-31-33-35-43(47)52-40(38-50-37-36-41(44(48)49)45(3,4)5)39-51-42(46)34-32-30-28-15-13-11-9-7-2/h8,10,14,16,18-19,40-41H,6-7,9,11-13,15,17,20-39H2,1-5H3/p+1/b10-8+,16-14+,19-18+. The monoisotopic (exact) mass is 735 g/mol. The lowest BCUT2D eigenvalue weighted by Crippen LogP contribution is -2.50. The average molecular weight is 735 g/mol. The molecular weight excluding hydrogens is 654 g/mol. The molecule has 52 heavy (non-hydrogen) atoms. The first-order valence-corrected chi connectivity index (χ1v) is 21.0. The van der Waals surface area contributed by atoms with Gasteiger partial charge < -0.3 is 23.8 Å². The van der Waals surface area contributed by atoms with Gasteiger partial charge in [0.2, 0.25) is 0 Å². The van der Waals surface area contributed by atoms with Crippen LogP contribution in [0.1, 0.15) is 174 Å². The summed E-state index contributed by atoms with van der Waals surface area (Å²) in [4.78, 5) is 36.8. The summed E-state index contributed by atoms with van der Waals surface area (Å²) in [7, 11) is 5.52. The third kappa shape index (κ3) is 33.4. The molecule has 0 aliphatic carbocycles. The number of aliphatic carboxylic acids is 1. The van der Waals surface area contributed by atoms with Gasteiger partial charge in [0.1, 0.15) is 6.61 Å². The zero-order chi connectivity index (χ0) is 38.5. The Kier molecular flexibility index (Phi) is 33.9. The minimum absolute atomic E-state index is 0.0506. The first-order chi connectivity index (χ1) is 25.1. The normalized spacial score (nSPS) is 13.3. The SMILES string of the molecule is CC/C=C/C/C=C/C/C=C/CCCCCCCCCCCCC(=O)OC(COCCC(C(=O)O)[N+](C)(C)C)COC(=O)CCCCCCCCCC. The lowest BCUT2D eigenvalue weighted by atomic mass is 10.0. The Morgan fingerprint density at radius 1 is 0.596 bits per heavy atom. The van der Waals surface area contributed by atoms with Crippen molar-refractivity contribution in [1.29, 1.82) is 0 Å². The molecule has 0 heterocycles. The van der Waals surface area contributed by atoms with E-state index in [1.807, 2.05) is 21.1 Å². The molecule has 0 bridgehead atoms. The molecule has 8 nitrogen and oxygen atoms in total. The number of hydrogen-bond donors (Lipinski definition) is 1. The fourth-order valence-electron chi connectivity index (χ4n) is 6.05. The number of carboxylic acids is 1. The number of carbonyl (C=O) groups is 3. The largest absolute Gasteiger partial charge is 0.477 e. The van der Waals surface area contributed by atoms with Gasteiger partial charge in [0.25, 0.3) is 0 Å². The minimum Gasteiger partial charge on any atom is -0.477 e. The van der Waals surface area contributed by atoms with Gasteiger partial charge in [-0.2, -0.15) is 0 Å². The molecule has 0 saturated heterocycles. The quantitative estimate of drug-likeness (QED) is 0.0293. The highest BCUT2D eigenvalue weighted by atomic mass is 16.6. The molecule has 0 amide bonds. The zero-order valence-electron chi connectivity index (χ0n) is 34.3. The molecule has 0 saturated carbocycles. The van der Waals surface area contributed by atoms with Gasteiger partial charge >= 0.3 is 17.9 Å². The summed E-state index contributed by atoms with van der Waals surface area (Å²) in [5.41, 5.74) is 0. The third-order valence-electron chi connectivity index (χ3n) is 9.30. The number of esters is 2. The second-order valence-corrected chi connectivity index (χ2v) is 15.2. The lowest BCUT2D eigenvalue weighted by Gasteiger charge is -2.31. The zero-order valence-corrected chi connectivity index (χ0v) is 34.3. The van der Waals surface area contributed by atoms with Crippen LogP contribution in [0, 0.1) is 0 Å². The molecule has 0 radical (unpaired) electrons. The highest BCUT2D eigenvalue weighted by Gasteiger charge is 2.31. The van der Waals surface area contributed by atoms with E-state index in [-0.39, 0.29) is 36.2 Å². The van der Waals surface area contributed by atoms with E-state index < -0.39 is 18.1 Å². The first-order valence-electron chi connectivity index (χ1n) is 21.0. The van der Waals surface area contributed by atoms with Crippen LogP contribution in [-0.2, 0) is 28.6 Å². The van der Waals surface area contributed by atoms with Crippen LogP contribution in [0.2, 0.25) is 0 Å². The summed E-state index contributed by atoms with van der Waals surface area (Å²) in [6, 6.07) is -0.612. The van der Waals surface area contributed by atoms with Gasteiger partial charge in [0.05, 0.1) is 34.4 Å². The summed E-state index contributed by atoms with van der Waals surface area (Å²) in [6.45, 7) is 4.59. The molecule has 0 aliphatic rings. The molecule has 1 N–H and O–H groups in total. The van der Waals surface area contributed by atoms with Gasteiger partial charge in [-0.25, -0.2) is 4.79 Å². The van der Waals surface area contributed by atoms with Crippen molar-refractivity contribution in [3.05, 3.63) is 36.5 Å². The van der Waals surface area contributed by atoms with E-state index >= 15 is 0 Å². The first kappa shape index (κ1) is 49.6. The number of hydrogen-bond acceptors (Lipinski definition) is 6. The number of likely N-dealkylation sites (N-methyl/N-ethyl adjacent to an activating group) is 1. The predicted octanol–water partition coefficient (Wildman–Crippen LogP) is 11.1. The molecule has 0 aromatic rings. The van der Waals surface area contributed by atoms with E-state index in [0.717, 1.165) is 57.8 Å². The summed E-state index contributed by atoms with van der Waals surface area (Å²) >= 11 is 0. The van der Waals surface area contributed by atoms with Crippen LogP contribution in [-0.4, -0.2) is 80.6 Å². The molecular formula is C44H80NO7+. The number of nitrogens with zero attached hydrogens (tertiary/aromatic N) is 1. The maximum absolute atomic E-state index is 12.7. The van der Waals surface area contributed by atoms with Gasteiger partial charge in [-0.05, 0) is 44.9 Å². The van der Waals surface area contributed by atoms with E-state index in [1.54, 1.807) is 0 Å². The Morgan fingerprint density at radius 2 is 1.08 bits per heavy atom. The lowest BCUT2D eigenvalue weighted by molar-refractivity contribution is -0.887. The van der Waals surface area contributed by atoms with Crippen molar-refractivity contribution in [2.24, 2.45) is 0 Å². The number of unbranched alkanes of at least 4 members (excludes halogenated alkanes) is 17. The van der Waals surface area contributed by atoms with Crippen molar-refractivity contribution < 1.29 is 38.2 Å². The van der Waals surface area contributed by atoms with E-state index in [9.17, 15) is 19.5 Å². The molecule has 0 spiro atoms. The van der Waals surface area contributed by atoms with Crippen LogP contribution in [0.3, 0.4) is 0 Å². The van der Waals surface area contributed by atoms with Gasteiger partial charge in [-0.1, -0.05) is 147 Å². The van der Waals surface area contributed by atoms with Crippen LogP contribution in [0.15, 0.2) is 36.5 Å². The van der Waals surface area contributed by atoms with Gasteiger partial charge in [-0.15, -0.1) is 0 Å². The maximum Gasteiger partial charge on any atom is 0.362 e. The van der Waals surface area contributed by atoms with Crippen LogP contribution < -0.4 is 0 Å². The maximum atomic E-state index is 12.7. The Hall–Kier alpha value is -2.45. The Bertz CT molecular complexity index is 953. The molecule has 0 aromatic heterocycles. The smallest absolute Gasteiger partial charge is 0.362 e. The van der Waals surface area contributed by atoms with Crippen LogP contribution in [0.25, 0.3) is 0 Å². The fraction of sp³-hybridized carbons (Fsp3) is 0.795. The van der Waals surface area contributed by atoms with Crippen molar-refractivity contribution in [2.75, 3.05) is 41.0 Å². The summed E-state index contributed by atoms with van der Waals surface area (Å²) in [5.74, 6) is -1.47. The molecule has 0 aliphatic heterocycles.